The highest BCUT2D eigenvalue weighted by atomic mass is 14.8. The summed E-state index contributed by atoms with van der Waals surface area (Å²) in [5, 5.41) is 3.31. The molecule has 0 aromatic heterocycles. The fraction of sp³-hybridized carbons (Fsp3) is 1.00. The van der Waals surface area contributed by atoms with Crippen LogP contribution in [0.3, 0.4) is 0 Å². The average molecular weight is 270 g/mol. The van der Waals surface area contributed by atoms with Gasteiger partial charge in [0.15, 0.2) is 0 Å². The third kappa shape index (κ3) is 14.2. The van der Waals surface area contributed by atoms with Crippen LogP contribution in [0.2, 0.25) is 0 Å². The molecule has 0 aliphatic carbocycles. The maximum atomic E-state index is 3.31. The molecule has 1 atom stereocenters. The lowest BCUT2D eigenvalue weighted by Crippen LogP contribution is -2.16. The quantitative estimate of drug-likeness (QED) is 0.534. The van der Waals surface area contributed by atoms with Crippen molar-refractivity contribution in [2.24, 2.45) is 16.7 Å². The van der Waals surface area contributed by atoms with Crippen LogP contribution in [0.15, 0.2) is 0 Å². The fourth-order valence-electron chi connectivity index (χ4n) is 2.51. The van der Waals surface area contributed by atoms with Gasteiger partial charge in [-0.15, -0.1) is 0 Å². The molecule has 0 spiro atoms. The Labute approximate surface area is 122 Å². The van der Waals surface area contributed by atoms with Gasteiger partial charge in [0.25, 0.3) is 0 Å². The van der Waals surface area contributed by atoms with Gasteiger partial charge in [0.1, 0.15) is 0 Å². The molecule has 0 heterocycles. The predicted molar refractivity (Wildman–Crippen MR) is 88.6 cm³/mol. The highest BCUT2D eigenvalue weighted by molar-refractivity contribution is 4.69. The molecule has 1 unspecified atom stereocenters. The van der Waals surface area contributed by atoms with Crippen molar-refractivity contribution in [3.63, 3.8) is 0 Å². The number of rotatable bonds is 9. The summed E-state index contributed by atoms with van der Waals surface area (Å²) in [4.78, 5) is 0. The average Bonchev–Trinajstić information content (AvgIpc) is 2.24. The second-order valence-electron chi connectivity index (χ2n) is 8.66. The summed E-state index contributed by atoms with van der Waals surface area (Å²) in [5.74, 6) is 0.923. The van der Waals surface area contributed by atoms with E-state index in [2.05, 4.69) is 53.9 Å². The van der Waals surface area contributed by atoms with Gasteiger partial charge >= 0.3 is 0 Å². The number of unbranched alkanes of at least 4 members (excludes halogenated alkanes) is 1. The molecule has 0 aliphatic heterocycles. The Morgan fingerprint density at radius 1 is 0.737 bits per heavy atom. The highest BCUT2D eigenvalue weighted by Crippen LogP contribution is 2.29. The zero-order chi connectivity index (χ0) is 14.9. The lowest BCUT2D eigenvalue weighted by Gasteiger charge is -2.24. The van der Waals surface area contributed by atoms with Crippen LogP contribution in [0, 0.1) is 16.7 Å². The lowest BCUT2D eigenvalue weighted by molar-refractivity contribution is 0.290. The third-order valence-electron chi connectivity index (χ3n) is 3.89. The summed E-state index contributed by atoms with van der Waals surface area (Å²) < 4.78 is 0. The molecule has 19 heavy (non-hydrogen) atoms. The first-order chi connectivity index (χ1) is 8.64. The Morgan fingerprint density at radius 2 is 1.32 bits per heavy atom. The SMILES string of the molecule is CNCCC(CCCCC(C)(C)C)CCC(C)(C)C. The van der Waals surface area contributed by atoms with E-state index in [4.69, 9.17) is 0 Å². The van der Waals surface area contributed by atoms with Gasteiger partial charge in [0, 0.05) is 0 Å². The van der Waals surface area contributed by atoms with Gasteiger partial charge in [-0.25, -0.2) is 0 Å². The Balaban J connectivity index is 3.92. The molecule has 1 heteroatoms. The summed E-state index contributed by atoms with van der Waals surface area (Å²) in [6.45, 7) is 15.3. The van der Waals surface area contributed by atoms with Crippen molar-refractivity contribution in [1.29, 1.82) is 0 Å². The molecule has 116 valence electrons. The molecular weight excluding hydrogens is 230 g/mol. The first kappa shape index (κ1) is 19.0. The molecule has 0 radical (unpaired) electrons. The summed E-state index contributed by atoms with van der Waals surface area (Å²) in [7, 11) is 2.07. The van der Waals surface area contributed by atoms with E-state index < -0.39 is 0 Å². The lowest BCUT2D eigenvalue weighted by atomic mass is 9.83. The van der Waals surface area contributed by atoms with Crippen molar-refractivity contribution in [1.82, 2.24) is 5.32 Å². The largest absolute Gasteiger partial charge is 0.320 e. The predicted octanol–water partition coefficient (Wildman–Crippen LogP) is 5.64. The monoisotopic (exact) mass is 269 g/mol. The van der Waals surface area contributed by atoms with E-state index in [1.165, 1.54) is 51.5 Å². The van der Waals surface area contributed by atoms with Crippen LogP contribution in [0.25, 0.3) is 0 Å². The summed E-state index contributed by atoms with van der Waals surface area (Å²) >= 11 is 0. The second kappa shape index (κ2) is 9.00. The van der Waals surface area contributed by atoms with Gasteiger partial charge in [-0.1, -0.05) is 60.8 Å². The zero-order valence-electron chi connectivity index (χ0n) is 14.7. The number of hydrogen-bond acceptors (Lipinski definition) is 1. The van der Waals surface area contributed by atoms with Gasteiger partial charge in [0.2, 0.25) is 0 Å². The summed E-state index contributed by atoms with van der Waals surface area (Å²) in [5.41, 5.74) is 0.995. The molecule has 0 saturated heterocycles. The van der Waals surface area contributed by atoms with Gasteiger partial charge in [-0.3, -0.25) is 0 Å². The van der Waals surface area contributed by atoms with Crippen molar-refractivity contribution < 1.29 is 0 Å². The minimum absolute atomic E-state index is 0.489. The van der Waals surface area contributed by atoms with Crippen molar-refractivity contribution in [3.05, 3.63) is 0 Å². The van der Waals surface area contributed by atoms with Gasteiger partial charge in [0.05, 0.1) is 0 Å². The van der Waals surface area contributed by atoms with Crippen LogP contribution in [0.1, 0.15) is 86.5 Å². The minimum atomic E-state index is 0.489. The molecule has 0 rings (SSSR count). The smallest absolute Gasteiger partial charge is 0.00493 e. The molecule has 1 nitrogen and oxygen atoms in total. The normalized spacial score (nSPS) is 14.7. The Hall–Kier alpha value is -0.0400. The van der Waals surface area contributed by atoms with E-state index in [9.17, 15) is 0 Å². The molecular formula is C18H39N. The van der Waals surface area contributed by atoms with E-state index in [-0.39, 0.29) is 0 Å². The molecule has 0 saturated carbocycles. The maximum absolute atomic E-state index is 3.31. The van der Waals surface area contributed by atoms with Crippen LogP contribution in [-0.4, -0.2) is 13.6 Å². The third-order valence-corrected chi connectivity index (χ3v) is 3.89. The van der Waals surface area contributed by atoms with Crippen LogP contribution >= 0.6 is 0 Å². The summed E-state index contributed by atoms with van der Waals surface area (Å²) in [6.07, 6.45) is 9.72. The maximum Gasteiger partial charge on any atom is -0.00493 e. The second-order valence-corrected chi connectivity index (χ2v) is 8.66. The first-order valence-corrected chi connectivity index (χ1v) is 8.29. The number of hydrogen-bond donors (Lipinski definition) is 1. The van der Waals surface area contributed by atoms with E-state index in [0.29, 0.717) is 10.8 Å². The fourth-order valence-corrected chi connectivity index (χ4v) is 2.51. The molecule has 0 bridgehead atoms. The molecule has 0 fully saturated rings. The van der Waals surface area contributed by atoms with E-state index >= 15 is 0 Å². The zero-order valence-corrected chi connectivity index (χ0v) is 14.7. The molecule has 1 N–H and O–H groups in total. The van der Waals surface area contributed by atoms with Crippen LogP contribution in [0.5, 0.6) is 0 Å². The van der Waals surface area contributed by atoms with Crippen LogP contribution in [0.4, 0.5) is 0 Å². The van der Waals surface area contributed by atoms with Gasteiger partial charge < -0.3 is 5.32 Å². The molecule has 0 aliphatic rings. The number of nitrogens with one attached hydrogen (secondary N) is 1. The van der Waals surface area contributed by atoms with Crippen LogP contribution < -0.4 is 5.32 Å². The van der Waals surface area contributed by atoms with Crippen molar-refractivity contribution >= 4 is 0 Å². The minimum Gasteiger partial charge on any atom is -0.320 e. The molecule has 0 aromatic rings. The van der Waals surface area contributed by atoms with Gasteiger partial charge in [-0.05, 0) is 56.0 Å². The summed E-state index contributed by atoms with van der Waals surface area (Å²) in [6, 6.07) is 0. The van der Waals surface area contributed by atoms with Crippen molar-refractivity contribution in [2.75, 3.05) is 13.6 Å². The topological polar surface area (TPSA) is 12.0 Å². The molecule has 0 aromatic carbocycles. The Kier molecular flexibility index (Phi) is 8.98. The highest BCUT2D eigenvalue weighted by Gasteiger charge is 2.16. The Bertz CT molecular complexity index is 207. The van der Waals surface area contributed by atoms with E-state index in [1.807, 2.05) is 0 Å². The van der Waals surface area contributed by atoms with Crippen molar-refractivity contribution in [3.8, 4) is 0 Å². The standard InChI is InChI=1S/C18H39N/c1-17(2,3)13-9-8-10-16(12-15-19-7)11-14-18(4,5)6/h16,19H,8-15H2,1-7H3. The first-order valence-electron chi connectivity index (χ1n) is 8.29. The van der Waals surface area contributed by atoms with E-state index in [1.54, 1.807) is 0 Å². The molecule has 0 amide bonds. The van der Waals surface area contributed by atoms with Crippen LogP contribution in [-0.2, 0) is 0 Å². The van der Waals surface area contributed by atoms with Crippen molar-refractivity contribution in [2.45, 2.75) is 86.5 Å². The Morgan fingerprint density at radius 3 is 1.79 bits per heavy atom. The van der Waals surface area contributed by atoms with E-state index in [0.717, 1.165) is 5.92 Å². The van der Waals surface area contributed by atoms with Gasteiger partial charge in [-0.2, -0.15) is 0 Å².